The topological polar surface area (TPSA) is 74.2 Å². The average molecular weight is 495 g/mol. The first kappa shape index (κ1) is 25.4. The molecule has 0 bridgehead atoms. The van der Waals surface area contributed by atoms with Gasteiger partial charge in [-0.25, -0.2) is 0 Å². The lowest BCUT2D eigenvalue weighted by Crippen LogP contribution is -2.59. The molecule has 4 rings (SSSR count). The Kier molecular flexibility index (Phi) is 9.34. The Labute approximate surface area is 210 Å². The molecule has 0 amide bonds. The van der Waals surface area contributed by atoms with Crippen LogP contribution in [-0.4, -0.2) is 47.5 Å². The third kappa shape index (κ3) is 7.40. The summed E-state index contributed by atoms with van der Waals surface area (Å²) in [7, 11) is 0. The Morgan fingerprint density at radius 2 is 1.34 bits per heavy atom. The first-order valence-corrected chi connectivity index (χ1v) is 12.5. The average Bonchev–Trinajstić information content (AvgIpc) is 2.88. The van der Waals surface area contributed by atoms with E-state index in [0.717, 1.165) is 16.0 Å². The number of ether oxygens (including phenoxy) is 4. The van der Waals surface area contributed by atoms with Crippen molar-refractivity contribution in [1.82, 2.24) is 0 Å². The highest BCUT2D eigenvalue weighted by molar-refractivity contribution is 7.99. The lowest BCUT2D eigenvalue weighted by Gasteiger charge is -2.44. The maximum Gasteiger partial charge on any atom is 0.302 e. The maximum absolute atomic E-state index is 11.5. The first-order chi connectivity index (χ1) is 17.1. The summed E-state index contributed by atoms with van der Waals surface area (Å²) in [5.41, 5.74) is 1.42. The number of carbonyl (C=O) groups is 1. The largest absolute Gasteiger partial charge is 0.463 e. The van der Waals surface area contributed by atoms with Gasteiger partial charge in [-0.05, 0) is 23.3 Å². The van der Waals surface area contributed by atoms with Gasteiger partial charge in [0.25, 0.3) is 0 Å². The second-order valence-corrected chi connectivity index (χ2v) is 9.46. The highest BCUT2D eigenvalue weighted by atomic mass is 32.2. The summed E-state index contributed by atoms with van der Waals surface area (Å²) in [6.07, 6.45) is -3.08. The van der Waals surface area contributed by atoms with Crippen molar-refractivity contribution in [1.29, 1.82) is 0 Å². The minimum Gasteiger partial charge on any atom is -0.463 e. The van der Waals surface area contributed by atoms with E-state index < -0.39 is 35.8 Å². The Morgan fingerprint density at radius 1 is 0.829 bits per heavy atom. The minimum absolute atomic E-state index is 0.0247. The number of thioether (sulfide) groups is 1. The molecule has 0 aromatic heterocycles. The first-order valence-electron chi connectivity index (χ1n) is 11.6. The molecular weight excluding hydrogens is 464 g/mol. The van der Waals surface area contributed by atoms with Crippen molar-refractivity contribution in [2.45, 2.75) is 54.9 Å². The van der Waals surface area contributed by atoms with E-state index in [1.165, 1.54) is 18.7 Å². The van der Waals surface area contributed by atoms with Gasteiger partial charge in [-0.3, -0.25) is 4.79 Å². The summed E-state index contributed by atoms with van der Waals surface area (Å²) in [4.78, 5) is 12.5. The van der Waals surface area contributed by atoms with E-state index in [1.54, 1.807) is 0 Å². The minimum atomic E-state index is -1.00. The van der Waals surface area contributed by atoms with Gasteiger partial charge in [-0.2, -0.15) is 0 Å². The second kappa shape index (κ2) is 12.9. The zero-order valence-corrected chi connectivity index (χ0v) is 20.4. The van der Waals surface area contributed by atoms with Crippen LogP contribution in [0.5, 0.6) is 0 Å². The van der Waals surface area contributed by atoms with Crippen LogP contribution in [0, 0.1) is 0 Å². The molecule has 0 aliphatic carbocycles. The molecule has 7 heteroatoms. The zero-order valence-electron chi connectivity index (χ0n) is 19.6. The van der Waals surface area contributed by atoms with Crippen LogP contribution in [0.3, 0.4) is 0 Å². The number of aliphatic hydroxyl groups excluding tert-OH is 1. The molecule has 0 unspecified atom stereocenters. The van der Waals surface area contributed by atoms with E-state index in [0.29, 0.717) is 6.61 Å². The molecule has 0 radical (unpaired) electrons. The van der Waals surface area contributed by atoms with Crippen molar-refractivity contribution in [3.63, 3.8) is 0 Å². The van der Waals surface area contributed by atoms with Crippen LogP contribution in [0.4, 0.5) is 0 Å². The molecule has 1 fully saturated rings. The summed E-state index contributed by atoms with van der Waals surface area (Å²) in [6, 6.07) is 29.3. The quantitative estimate of drug-likeness (QED) is 0.413. The van der Waals surface area contributed by atoms with Crippen LogP contribution >= 0.6 is 11.8 Å². The van der Waals surface area contributed by atoms with Crippen LogP contribution in [0.1, 0.15) is 18.1 Å². The summed E-state index contributed by atoms with van der Waals surface area (Å²) in [5, 5.41) is 11.5. The van der Waals surface area contributed by atoms with Crippen LogP contribution in [-0.2, 0) is 37.0 Å². The number of hydrogen-bond acceptors (Lipinski definition) is 7. The van der Waals surface area contributed by atoms with Crippen molar-refractivity contribution < 1.29 is 28.8 Å². The SMILES string of the molecule is CC(=O)OC[C@H]1O[C@H](Sc2ccccc2)[C@@H](OCc2ccccc2)[C@@H](O)[C@@H]1OCc1ccccc1. The number of aliphatic hydroxyl groups is 1. The number of carbonyl (C=O) groups excluding carboxylic acids is 1. The Morgan fingerprint density at radius 3 is 1.89 bits per heavy atom. The van der Waals surface area contributed by atoms with Crippen molar-refractivity contribution in [3.05, 3.63) is 102 Å². The molecular formula is C28H30O6S. The third-order valence-corrected chi connectivity index (χ3v) is 6.79. The molecule has 5 atom stereocenters. The zero-order chi connectivity index (χ0) is 24.5. The van der Waals surface area contributed by atoms with E-state index in [4.69, 9.17) is 18.9 Å². The van der Waals surface area contributed by atoms with Gasteiger partial charge in [0.1, 0.15) is 36.5 Å². The van der Waals surface area contributed by atoms with Crippen LogP contribution in [0.15, 0.2) is 95.9 Å². The standard InChI is InChI=1S/C28H30O6S/c1-20(29)31-19-24-26(32-17-21-11-5-2-6-12-21)25(30)27(33-18-22-13-7-3-8-14-22)28(34-24)35-23-15-9-4-10-16-23/h2-16,24-28,30H,17-19H2,1H3/t24-,25+,26-,27+,28-/m1/s1. The lowest BCUT2D eigenvalue weighted by molar-refractivity contribution is -0.239. The van der Waals surface area contributed by atoms with Gasteiger partial charge >= 0.3 is 5.97 Å². The van der Waals surface area contributed by atoms with Crippen LogP contribution in [0.2, 0.25) is 0 Å². The van der Waals surface area contributed by atoms with Gasteiger partial charge in [0.15, 0.2) is 0 Å². The summed E-state index contributed by atoms with van der Waals surface area (Å²) in [6.45, 7) is 1.92. The molecule has 184 valence electrons. The molecule has 0 spiro atoms. The van der Waals surface area contributed by atoms with Gasteiger partial charge in [-0.1, -0.05) is 90.6 Å². The van der Waals surface area contributed by atoms with E-state index >= 15 is 0 Å². The Hall–Kier alpha value is -2.68. The van der Waals surface area contributed by atoms with Gasteiger partial charge < -0.3 is 24.1 Å². The molecule has 3 aromatic rings. The fourth-order valence-corrected chi connectivity index (χ4v) is 5.03. The van der Waals surface area contributed by atoms with Gasteiger partial charge in [0, 0.05) is 11.8 Å². The molecule has 1 aliphatic rings. The van der Waals surface area contributed by atoms with E-state index in [2.05, 4.69) is 0 Å². The van der Waals surface area contributed by atoms with Gasteiger partial charge in [-0.15, -0.1) is 0 Å². The molecule has 1 aliphatic heterocycles. The highest BCUT2D eigenvalue weighted by Crippen LogP contribution is 2.36. The molecule has 1 saturated heterocycles. The van der Waals surface area contributed by atoms with Crippen molar-refractivity contribution in [3.8, 4) is 0 Å². The number of hydrogen-bond donors (Lipinski definition) is 1. The third-order valence-electron chi connectivity index (χ3n) is 5.63. The smallest absolute Gasteiger partial charge is 0.302 e. The number of benzene rings is 3. The molecule has 3 aromatic carbocycles. The Bertz CT molecular complexity index is 1030. The molecule has 1 heterocycles. The predicted octanol–water partition coefficient (Wildman–Crippen LogP) is 4.60. The lowest BCUT2D eigenvalue weighted by atomic mass is 9.99. The van der Waals surface area contributed by atoms with Gasteiger partial charge in [0.05, 0.1) is 13.2 Å². The van der Waals surface area contributed by atoms with E-state index in [1.807, 2.05) is 91.0 Å². The summed E-state index contributed by atoms with van der Waals surface area (Å²) < 4.78 is 24.0. The molecule has 1 N–H and O–H groups in total. The van der Waals surface area contributed by atoms with Gasteiger partial charge in [0.2, 0.25) is 0 Å². The monoisotopic (exact) mass is 494 g/mol. The van der Waals surface area contributed by atoms with E-state index in [9.17, 15) is 9.90 Å². The van der Waals surface area contributed by atoms with E-state index in [-0.39, 0.29) is 13.2 Å². The summed E-state index contributed by atoms with van der Waals surface area (Å²) in [5.74, 6) is -0.417. The predicted molar refractivity (Wildman–Crippen MR) is 134 cm³/mol. The highest BCUT2D eigenvalue weighted by Gasteiger charge is 2.47. The molecule has 0 saturated carbocycles. The summed E-state index contributed by atoms with van der Waals surface area (Å²) >= 11 is 1.46. The Balaban J connectivity index is 1.55. The van der Waals surface area contributed by atoms with Crippen molar-refractivity contribution >= 4 is 17.7 Å². The van der Waals surface area contributed by atoms with Crippen LogP contribution < -0.4 is 0 Å². The second-order valence-electron chi connectivity index (χ2n) is 8.29. The molecule has 6 nitrogen and oxygen atoms in total. The molecule has 35 heavy (non-hydrogen) atoms. The normalized spacial score (nSPS) is 24.1. The fraction of sp³-hybridized carbons (Fsp3) is 0.321. The van der Waals surface area contributed by atoms with Crippen LogP contribution in [0.25, 0.3) is 0 Å². The maximum atomic E-state index is 11.5. The number of esters is 1. The van der Waals surface area contributed by atoms with Crippen molar-refractivity contribution in [2.75, 3.05) is 6.61 Å². The van der Waals surface area contributed by atoms with Crippen molar-refractivity contribution in [2.24, 2.45) is 0 Å². The number of rotatable bonds is 10. The fourth-order valence-electron chi connectivity index (χ4n) is 3.87.